The number of nitrogens with zero attached hydrogens (tertiary/aromatic N) is 5. The van der Waals surface area contributed by atoms with Gasteiger partial charge in [-0.05, 0) is 18.9 Å². The fourth-order valence-corrected chi connectivity index (χ4v) is 1.57. The first-order chi connectivity index (χ1) is 7.69. The smallest absolute Gasteiger partial charge is 0.242 e. The Balaban J connectivity index is 2.41. The molecule has 0 spiro atoms. The van der Waals surface area contributed by atoms with Crippen LogP contribution in [0.25, 0.3) is 10.4 Å². The molecule has 7 heteroatoms. The third kappa shape index (κ3) is 3.13. The molecule has 0 aromatic rings. The van der Waals surface area contributed by atoms with Gasteiger partial charge in [-0.1, -0.05) is 5.11 Å². The highest BCUT2D eigenvalue weighted by molar-refractivity contribution is 5.92. The van der Waals surface area contributed by atoms with Crippen LogP contribution in [0.15, 0.2) is 5.11 Å². The maximum atomic E-state index is 11.6. The summed E-state index contributed by atoms with van der Waals surface area (Å²) < 4.78 is 0. The highest BCUT2D eigenvalue weighted by Crippen LogP contribution is 2.05. The molecule has 0 saturated carbocycles. The minimum Gasteiger partial charge on any atom is -0.332 e. The molecule has 0 unspecified atom stereocenters. The first-order valence-electron chi connectivity index (χ1n) is 5.25. The molecule has 0 aromatic carbocycles. The van der Waals surface area contributed by atoms with Crippen LogP contribution in [0, 0.1) is 0 Å². The number of piperazine rings is 1. The lowest BCUT2D eigenvalue weighted by molar-refractivity contribution is -0.149. The molecule has 0 radical (unpaired) electrons. The molecule has 1 fully saturated rings. The van der Waals surface area contributed by atoms with E-state index in [1.807, 2.05) is 6.92 Å². The van der Waals surface area contributed by atoms with Gasteiger partial charge in [0.25, 0.3) is 0 Å². The summed E-state index contributed by atoms with van der Waals surface area (Å²) in [7, 11) is 0. The monoisotopic (exact) mass is 225 g/mol. The molecule has 0 atom stereocenters. The molecular weight excluding hydrogens is 210 g/mol. The zero-order valence-corrected chi connectivity index (χ0v) is 9.30. The summed E-state index contributed by atoms with van der Waals surface area (Å²) in [5.41, 5.74) is 8.08. The van der Waals surface area contributed by atoms with Crippen LogP contribution >= 0.6 is 0 Å². The van der Waals surface area contributed by atoms with E-state index in [9.17, 15) is 9.59 Å². The first kappa shape index (κ1) is 12.3. The Kier molecular flexibility index (Phi) is 4.60. The number of likely N-dealkylation sites (N-methyl/N-ethyl adjacent to an activating group) is 1. The van der Waals surface area contributed by atoms with E-state index >= 15 is 0 Å². The van der Waals surface area contributed by atoms with Crippen molar-refractivity contribution in [1.82, 2.24) is 9.80 Å². The predicted octanol–water partition coefficient (Wildman–Crippen LogP) is 0.377. The van der Waals surface area contributed by atoms with Crippen LogP contribution < -0.4 is 0 Å². The fourth-order valence-electron chi connectivity index (χ4n) is 1.57. The first-order valence-corrected chi connectivity index (χ1v) is 5.25. The molecule has 1 rings (SSSR count). The van der Waals surface area contributed by atoms with Crippen molar-refractivity contribution in [3.8, 4) is 0 Å². The van der Waals surface area contributed by atoms with Crippen molar-refractivity contribution in [2.24, 2.45) is 5.11 Å². The van der Waals surface area contributed by atoms with Gasteiger partial charge in [0.2, 0.25) is 11.8 Å². The minimum atomic E-state index is -0.0395. The van der Waals surface area contributed by atoms with Gasteiger partial charge in [0.1, 0.15) is 0 Å². The number of rotatable bonds is 5. The van der Waals surface area contributed by atoms with Crippen molar-refractivity contribution >= 4 is 11.8 Å². The Morgan fingerprint density at radius 1 is 1.31 bits per heavy atom. The number of hydrogen-bond donors (Lipinski definition) is 0. The Bertz CT molecular complexity index is 324. The predicted molar refractivity (Wildman–Crippen MR) is 57.5 cm³/mol. The molecule has 88 valence electrons. The summed E-state index contributed by atoms with van der Waals surface area (Å²) in [4.78, 5) is 28.8. The second-order valence-electron chi connectivity index (χ2n) is 3.53. The van der Waals surface area contributed by atoms with Gasteiger partial charge in [-0.15, -0.1) is 0 Å². The highest BCUT2D eigenvalue weighted by Gasteiger charge is 2.27. The molecule has 0 N–H and O–H groups in total. The van der Waals surface area contributed by atoms with E-state index in [4.69, 9.17) is 5.53 Å². The lowest BCUT2D eigenvalue weighted by atomic mass is 10.2. The van der Waals surface area contributed by atoms with Gasteiger partial charge >= 0.3 is 0 Å². The second-order valence-corrected chi connectivity index (χ2v) is 3.53. The van der Waals surface area contributed by atoms with E-state index in [1.165, 1.54) is 9.80 Å². The number of azide groups is 1. The average Bonchev–Trinajstić information content (AvgIpc) is 2.28. The molecule has 1 saturated heterocycles. The van der Waals surface area contributed by atoms with Gasteiger partial charge < -0.3 is 9.80 Å². The molecule has 1 aliphatic heterocycles. The van der Waals surface area contributed by atoms with Gasteiger partial charge in [-0.3, -0.25) is 9.59 Å². The van der Waals surface area contributed by atoms with Gasteiger partial charge in [0, 0.05) is 24.5 Å². The Hall–Kier alpha value is -1.75. The quantitative estimate of drug-likeness (QED) is 0.293. The normalized spacial score (nSPS) is 16.3. The Morgan fingerprint density at radius 2 is 1.94 bits per heavy atom. The molecule has 7 nitrogen and oxygen atoms in total. The summed E-state index contributed by atoms with van der Waals surface area (Å²) >= 11 is 0. The van der Waals surface area contributed by atoms with E-state index in [2.05, 4.69) is 10.0 Å². The van der Waals surface area contributed by atoms with E-state index in [-0.39, 0.29) is 24.9 Å². The van der Waals surface area contributed by atoms with Crippen LogP contribution in [0.5, 0.6) is 0 Å². The van der Waals surface area contributed by atoms with Crippen molar-refractivity contribution in [2.45, 2.75) is 13.3 Å². The summed E-state index contributed by atoms with van der Waals surface area (Å²) in [6.07, 6.45) is 0.592. The third-order valence-corrected chi connectivity index (χ3v) is 2.49. The highest BCUT2D eigenvalue weighted by atomic mass is 16.2. The Labute approximate surface area is 93.6 Å². The summed E-state index contributed by atoms with van der Waals surface area (Å²) in [6, 6.07) is 0. The van der Waals surface area contributed by atoms with Gasteiger partial charge in [-0.2, -0.15) is 0 Å². The van der Waals surface area contributed by atoms with E-state index in [0.717, 1.165) is 0 Å². The lowest BCUT2D eigenvalue weighted by Crippen LogP contribution is -2.53. The topological polar surface area (TPSA) is 89.4 Å². The summed E-state index contributed by atoms with van der Waals surface area (Å²) in [5, 5.41) is 3.38. The molecule has 0 bridgehead atoms. The minimum absolute atomic E-state index is 0.0223. The SMILES string of the molecule is CCN1CC(=O)N(CCCN=[N+]=[N-])CC1=O. The van der Waals surface area contributed by atoms with Crippen LogP contribution in [0.1, 0.15) is 13.3 Å². The second kappa shape index (κ2) is 5.97. The van der Waals surface area contributed by atoms with Gasteiger partial charge in [0.15, 0.2) is 0 Å². The number of amides is 2. The lowest BCUT2D eigenvalue weighted by Gasteiger charge is -2.33. The van der Waals surface area contributed by atoms with Crippen LogP contribution in [-0.2, 0) is 9.59 Å². The van der Waals surface area contributed by atoms with Gasteiger partial charge in [0.05, 0.1) is 13.1 Å². The van der Waals surface area contributed by atoms with Crippen molar-refractivity contribution in [2.75, 3.05) is 32.7 Å². The number of hydrogen-bond acceptors (Lipinski definition) is 3. The molecular formula is C9H15N5O2. The third-order valence-electron chi connectivity index (χ3n) is 2.49. The zero-order chi connectivity index (χ0) is 12.0. The van der Waals surface area contributed by atoms with Crippen LogP contribution in [0.3, 0.4) is 0 Å². The molecule has 16 heavy (non-hydrogen) atoms. The van der Waals surface area contributed by atoms with Crippen molar-refractivity contribution in [3.63, 3.8) is 0 Å². The van der Waals surface area contributed by atoms with Gasteiger partial charge in [-0.25, -0.2) is 0 Å². The maximum Gasteiger partial charge on any atom is 0.242 e. The number of carbonyl (C=O) groups is 2. The summed E-state index contributed by atoms with van der Waals surface area (Å²) in [5.74, 6) is -0.0618. The van der Waals surface area contributed by atoms with E-state index < -0.39 is 0 Å². The van der Waals surface area contributed by atoms with Crippen LogP contribution in [-0.4, -0.2) is 54.3 Å². The largest absolute Gasteiger partial charge is 0.332 e. The van der Waals surface area contributed by atoms with Crippen molar-refractivity contribution in [3.05, 3.63) is 10.4 Å². The van der Waals surface area contributed by atoms with Crippen LogP contribution in [0.4, 0.5) is 0 Å². The van der Waals surface area contributed by atoms with E-state index in [1.54, 1.807) is 0 Å². The fraction of sp³-hybridized carbons (Fsp3) is 0.778. The van der Waals surface area contributed by atoms with Crippen molar-refractivity contribution < 1.29 is 9.59 Å². The molecule has 0 aliphatic carbocycles. The molecule has 1 aliphatic rings. The molecule has 1 heterocycles. The van der Waals surface area contributed by atoms with Crippen molar-refractivity contribution in [1.29, 1.82) is 0 Å². The summed E-state index contributed by atoms with van der Waals surface area (Å²) in [6.45, 7) is 3.55. The standard InChI is InChI=1S/C9H15N5O2/c1-2-13-6-9(16)14(7-8(13)15)5-3-4-11-12-10/h2-7H2,1H3. The van der Waals surface area contributed by atoms with Crippen LogP contribution in [0.2, 0.25) is 0 Å². The molecule has 0 aromatic heterocycles. The maximum absolute atomic E-state index is 11.6. The van der Waals surface area contributed by atoms with E-state index in [0.29, 0.717) is 26.1 Å². The Morgan fingerprint density at radius 3 is 2.56 bits per heavy atom. The molecule has 2 amide bonds. The number of carbonyl (C=O) groups excluding carboxylic acids is 2. The average molecular weight is 225 g/mol. The zero-order valence-electron chi connectivity index (χ0n) is 9.30.